The molecule has 0 amide bonds. The van der Waals surface area contributed by atoms with Gasteiger partial charge >= 0.3 is 12.4 Å². The van der Waals surface area contributed by atoms with Crippen molar-refractivity contribution in [3.63, 3.8) is 0 Å². The third kappa shape index (κ3) is 37.0. The summed E-state index contributed by atoms with van der Waals surface area (Å²) < 4.78 is 142. The van der Waals surface area contributed by atoms with Crippen molar-refractivity contribution >= 4 is 53.0 Å². The molecule has 744 valence electrons. The summed E-state index contributed by atoms with van der Waals surface area (Å²) in [6.07, 6.45) is 12.8. The van der Waals surface area contributed by atoms with Gasteiger partial charge in [-0.05, 0) is 173 Å². The van der Waals surface area contributed by atoms with Gasteiger partial charge in [-0.25, -0.2) is 0 Å². The molecular formula is C119H126F6Ir4N8Si4-8. The van der Waals surface area contributed by atoms with Gasteiger partial charge in [0.2, 0.25) is 0 Å². The monoisotopic (exact) mass is 2670 g/mol. The number of aromatic nitrogens is 8. The molecule has 0 atom stereocenters. The molecule has 8 nitrogen and oxygen atoms in total. The average Bonchev–Trinajstić information content (AvgIpc) is 0.815. The fourth-order valence-corrected chi connectivity index (χ4v) is 21.7. The minimum absolute atomic E-state index is 0. The Labute approximate surface area is 905 Å². The standard InChI is InChI=1S/C19H24NSi.C18H24NSi.C17H19F3NSi.C16H20NSi.2C13H12N.C12H7F3N.C11H8N.4Ir/c1-21(2,3)19-14-20-18(16-11-5-4-6-12-16)13-17(19)15-9-7-8-10-15;1-14(2)11-16-12-17(15-9-7-6-8-10-15)19-13-18(16)20(3,4)5;1-5-12-10-15(21-11-16(12)22(2,3)4)13-6-8-14(9-7-13)17(18,19)20;1-5-13-11-15(14-9-7-6-8-10-14)17-12-16(13)18(2,3)4;1-10-8-9-14-13(11(10)2)12-6-4-3-5-7-12;1-10-8-9-13(14-11(10)2)12-6-4-3-5-7-12;13-12(14,15)10-6-4-9(5-7-10)11-3-1-2-8-16-11;1-2-6-10(7-3-1)11-8-4-5-9-12-11;;;;/h4-6,11,13-15H,7-10H2,1-3H3;6-9,12-14H,11H2,1-5H3;6,8-11H,5H2,1-4H3;6-9,11-12H,5H2,1-4H3;2*3-6,8-9H,1-2H3;1-4,6-8H;1-6,8-9H;;;;/q8*-1;;;;/i;;;;1D3,2D3;1D3;;;;;;. The molecule has 1 fully saturated rings. The molecule has 8 aromatic heterocycles. The number of benzene rings is 8. The van der Waals surface area contributed by atoms with E-state index in [-0.39, 0.29) is 97.2 Å². The summed E-state index contributed by atoms with van der Waals surface area (Å²) in [5.41, 5.74) is 17.8. The van der Waals surface area contributed by atoms with E-state index < -0.39 is 76.3 Å². The molecule has 0 saturated heterocycles. The van der Waals surface area contributed by atoms with Crippen LogP contribution in [0.1, 0.15) is 127 Å². The third-order valence-electron chi connectivity index (χ3n) is 22.4. The second kappa shape index (κ2) is 56.9. The Morgan fingerprint density at radius 3 is 1.02 bits per heavy atom. The molecule has 17 rings (SSSR count). The maximum Gasteiger partial charge on any atom is 0.381 e. The summed E-state index contributed by atoms with van der Waals surface area (Å²) in [4.78, 5) is 35.1. The number of pyridine rings is 8. The predicted octanol–water partition coefficient (Wildman–Crippen LogP) is 29.8. The smallest absolute Gasteiger partial charge is 0.305 e. The van der Waals surface area contributed by atoms with Crippen LogP contribution in [0.5, 0.6) is 0 Å². The molecule has 16 aromatic rings. The van der Waals surface area contributed by atoms with Gasteiger partial charge in [-0.2, -0.15) is 26.3 Å². The van der Waals surface area contributed by atoms with Gasteiger partial charge in [0.1, 0.15) is 0 Å². The Morgan fingerprint density at radius 1 is 0.348 bits per heavy atom. The largest absolute Gasteiger partial charge is 0.381 e. The van der Waals surface area contributed by atoms with E-state index in [1.165, 1.54) is 82.3 Å². The van der Waals surface area contributed by atoms with Gasteiger partial charge in [0.25, 0.3) is 0 Å². The topological polar surface area (TPSA) is 103 Å². The Bertz CT molecular complexity index is 6740. The summed E-state index contributed by atoms with van der Waals surface area (Å²) in [5, 5.41) is 5.82. The van der Waals surface area contributed by atoms with Gasteiger partial charge in [-0.1, -0.05) is 213 Å². The first-order valence-corrected chi connectivity index (χ1v) is 60.1. The van der Waals surface area contributed by atoms with Crippen molar-refractivity contribution in [1.29, 1.82) is 0 Å². The first-order valence-electron chi connectivity index (χ1n) is 50.6. The molecule has 4 radical (unpaired) electrons. The van der Waals surface area contributed by atoms with Crippen molar-refractivity contribution in [1.82, 2.24) is 39.9 Å². The van der Waals surface area contributed by atoms with Crippen molar-refractivity contribution < 1.29 is 119 Å². The molecule has 1 aliphatic rings. The fourth-order valence-electron chi connectivity index (χ4n) is 15.2. The SMILES string of the molecule is CC(C)Cc1cc(-c2[c-]cccc2)ncc1[Si](C)(C)C.CCc1cc(-c2[c-]cc(C(F)(F)F)cc2)ncc1[Si](C)(C)C.CCc1cc(-c2[c-]cccc2)ncc1[Si](C)(C)C.C[Si](C)(C)c1cnc(-c2[c-]cccc2)cc1C1CCCC1.FC(F)(F)c1c[c-]c(-c2ccccn2)cc1.[2H]C([2H])([2H])c1ccc(-c2[c-]cccc2)nc1C.[2H]C([2H])([2H])c1ccnc(-c2[c-]cccc2)c1C([2H])([2H])[2H].[Ir].[Ir].[Ir].[Ir].[c-]1ccccc1-c1ccccn1. The van der Waals surface area contributed by atoms with Crippen LogP contribution in [0.4, 0.5) is 26.3 Å². The van der Waals surface area contributed by atoms with E-state index in [4.69, 9.17) is 17.3 Å². The van der Waals surface area contributed by atoms with Crippen LogP contribution < -0.4 is 20.7 Å². The van der Waals surface area contributed by atoms with E-state index in [0.717, 1.165) is 106 Å². The van der Waals surface area contributed by atoms with Crippen LogP contribution in [0.25, 0.3) is 90.1 Å². The van der Waals surface area contributed by atoms with Crippen LogP contribution in [0, 0.1) is 81.9 Å². The third-order valence-corrected chi connectivity index (χ3v) is 30.6. The van der Waals surface area contributed by atoms with Crippen molar-refractivity contribution in [3.8, 4) is 90.1 Å². The number of hydrogen-bond donors (Lipinski definition) is 0. The van der Waals surface area contributed by atoms with Crippen LogP contribution in [-0.4, -0.2) is 72.2 Å². The molecule has 0 aliphatic heterocycles. The van der Waals surface area contributed by atoms with E-state index in [9.17, 15) is 26.3 Å². The van der Waals surface area contributed by atoms with Crippen LogP contribution in [-0.2, 0) is 112 Å². The zero-order chi connectivity index (χ0) is 107. The second-order valence-corrected chi connectivity index (χ2v) is 57.8. The summed E-state index contributed by atoms with van der Waals surface area (Å²) in [6.45, 7) is 31.8. The van der Waals surface area contributed by atoms with Crippen molar-refractivity contribution in [2.45, 2.75) is 197 Å². The molecule has 1 aliphatic carbocycles. The molecule has 0 bridgehead atoms. The second-order valence-electron chi connectivity index (χ2n) is 37.6. The van der Waals surface area contributed by atoms with Crippen molar-refractivity contribution in [2.24, 2.45) is 5.92 Å². The Kier molecular flexibility index (Phi) is 42.5. The van der Waals surface area contributed by atoms with Gasteiger partial charge in [-0.15, -0.1) is 275 Å². The number of rotatable bonds is 17. The molecule has 8 heterocycles. The van der Waals surface area contributed by atoms with Gasteiger partial charge in [0.15, 0.2) is 0 Å². The molecule has 8 aromatic carbocycles. The molecular weight excluding hydrogens is 2540 g/mol. The Balaban J connectivity index is 0.000000262. The molecule has 0 unspecified atom stereocenters. The first-order chi connectivity index (χ1) is 68.8. The Morgan fingerprint density at radius 2 is 0.695 bits per heavy atom. The number of nitrogens with zero attached hydrogens (tertiary/aromatic N) is 8. The zero-order valence-electron chi connectivity index (χ0n) is 91.7. The number of halogens is 6. The van der Waals surface area contributed by atoms with E-state index in [0.29, 0.717) is 45.3 Å². The maximum atomic E-state index is 12.6. The summed E-state index contributed by atoms with van der Waals surface area (Å²) in [7, 11) is -5.46. The predicted molar refractivity (Wildman–Crippen MR) is 567 cm³/mol. The number of hydrogen-bond acceptors (Lipinski definition) is 8. The van der Waals surface area contributed by atoms with Crippen LogP contribution in [0.3, 0.4) is 0 Å². The van der Waals surface area contributed by atoms with Crippen LogP contribution in [0.2, 0.25) is 78.6 Å². The van der Waals surface area contributed by atoms with Gasteiger partial charge in [0, 0.05) is 142 Å². The average molecular weight is 2670 g/mol. The number of alkyl halides is 6. The minimum Gasteiger partial charge on any atom is -0.305 e. The minimum atomic E-state index is -4.33. The summed E-state index contributed by atoms with van der Waals surface area (Å²) in [6, 6.07) is 102. The maximum absolute atomic E-state index is 12.6. The summed E-state index contributed by atoms with van der Waals surface area (Å²) in [5.74, 6) is 1.41. The number of aryl methyl sites for hydroxylation is 5. The molecule has 1 saturated carbocycles. The van der Waals surface area contributed by atoms with Gasteiger partial charge in [-0.3, -0.25) is 0 Å². The van der Waals surface area contributed by atoms with Crippen molar-refractivity contribution in [2.75, 3.05) is 0 Å². The van der Waals surface area contributed by atoms with Crippen LogP contribution >= 0.6 is 0 Å². The summed E-state index contributed by atoms with van der Waals surface area (Å²) >= 11 is 0. The fraction of sp³-hybridized carbons (Fsp3) is 0.261. The first kappa shape index (κ1) is 105. The van der Waals surface area contributed by atoms with E-state index in [1.807, 2.05) is 128 Å². The molecule has 0 spiro atoms. The van der Waals surface area contributed by atoms with Crippen molar-refractivity contribution in [3.05, 3.63) is 409 Å². The molecule has 141 heavy (non-hydrogen) atoms. The Hall–Kier alpha value is -10.00. The van der Waals surface area contributed by atoms with Gasteiger partial charge < -0.3 is 39.9 Å². The van der Waals surface area contributed by atoms with E-state index >= 15 is 0 Å². The van der Waals surface area contributed by atoms with Crippen LogP contribution in [0.15, 0.2) is 304 Å². The normalized spacial score (nSPS) is 12.9. The van der Waals surface area contributed by atoms with E-state index in [1.54, 1.807) is 84.7 Å². The zero-order valence-corrected chi connectivity index (χ0v) is 96.2. The van der Waals surface area contributed by atoms with E-state index in [2.05, 4.69) is 251 Å². The quantitative estimate of drug-likeness (QED) is 0.0505. The van der Waals surface area contributed by atoms with Gasteiger partial charge in [0.05, 0.1) is 32.3 Å². The molecule has 0 N–H and O–H groups in total. The molecule has 22 heteroatoms.